The summed E-state index contributed by atoms with van der Waals surface area (Å²) < 4.78 is 23.9. The van der Waals surface area contributed by atoms with Crippen molar-refractivity contribution in [1.29, 1.82) is 0 Å². The summed E-state index contributed by atoms with van der Waals surface area (Å²) in [6, 6.07) is 10.3. The summed E-state index contributed by atoms with van der Waals surface area (Å²) >= 11 is 3.45. The van der Waals surface area contributed by atoms with E-state index in [9.17, 15) is 9.59 Å². The molecule has 8 nitrogen and oxygen atoms in total. The van der Waals surface area contributed by atoms with Gasteiger partial charge < -0.3 is 23.5 Å². The molecule has 3 aromatic rings. The van der Waals surface area contributed by atoms with Gasteiger partial charge in [-0.2, -0.15) is 0 Å². The van der Waals surface area contributed by atoms with Gasteiger partial charge in [-0.3, -0.25) is 14.5 Å². The molecule has 1 atom stereocenters. The minimum Gasteiger partial charge on any atom is -0.490 e. The van der Waals surface area contributed by atoms with E-state index in [4.69, 9.17) is 18.6 Å². The fourth-order valence-electron chi connectivity index (χ4n) is 4.88. The standard InChI is InChI=1S/C27H29BrN2O6/c1-3-34-21-7-5-17(15-22(21)35-4-2)24-23-25(31)19-16-18(28)6-8-20(19)36-26(23)27(32)30(24)10-9-29-11-13-33-14-12-29/h5-8,15-16,24H,3-4,9-14H2,1-2H3. The number of carbonyl (C=O) groups excluding carboxylic acids is 1. The largest absolute Gasteiger partial charge is 0.490 e. The van der Waals surface area contributed by atoms with Crippen LogP contribution in [-0.4, -0.2) is 68.3 Å². The van der Waals surface area contributed by atoms with Gasteiger partial charge in [0.1, 0.15) is 5.58 Å². The molecule has 1 amide bonds. The zero-order valence-electron chi connectivity index (χ0n) is 20.4. The Hall–Kier alpha value is -2.88. The Morgan fingerprint density at radius 3 is 2.47 bits per heavy atom. The lowest BCUT2D eigenvalue weighted by atomic mass is 9.98. The van der Waals surface area contributed by atoms with E-state index in [-0.39, 0.29) is 17.1 Å². The van der Waals surface area contributed by atoms with Gasteiger partial charge in [0.15, 0.2) is 16.9 Å². The van der Waals surface area contributed by atoms with Crippen LogP contribution in [0.2, 0.25) is 0 Å². The maximum Gasteiger partial charge on any atom is 0.290 e. The molecule has 9 heteroatoms. The fourth-order valence-corrected chi connectivity index (χ4v) is 5.24. The van der Waals surface area contributed by atoms with Gasteiger partial charge in [-0.15, -0.1) is 0 Å². The monoisotopic (exact) mass is 556 g/mol. The van der Waals surface area contributed by atoms with Gasteiger partial charge in [0.05, 0.1) is 43.4 Å². The third-order valence-electron chi connectivity index (χ3n) is 6.57. The zero-order chi connectivity index (χ0) is 25.2. The summed E-state index contributed by atoms with van der Waals surface area (Å²) in [5, 5.41) is 0.437. The van der Waals surface area contributed by atoms with E-state index in [0.717, 1.165) is 23.1 Å². The summed E-state index contributed by atoms with van der Waals surface area (Å²) in [7, 11) is 0. The maximum absolute atomic E-state index is 13.8. The highest BCUT2D eigenvalue weighted by atomic mass is 79.9. The number of morpholine rings is 1. The van der Waals surface area contributed by atoms with Gasteiger partial charge in [-0.25, -0.2) is 0 Å². The number of rotatable bonds is 8. The van der Waals surface area contributed by atoms with Gasteiger partial charge >= 0.3 is 0 Å². The lowest BCUT2D eigenvalue weighted by molar-refractivity contribution is 0.0314. The SMILES string of the molecule is CCOc1ccc(C2c3c(oc4ccc(Br)cc4c3=O)C(=O)N2CCN2CCOCC2)cc1OCC. The maximum atomic E-state index is 13.8. The topological polar surface area (TPSA) is 81.5 Å². The van der Waals surface area contributed by atoms with E-state index in [1.54, 1.807) is 23.1 Å². The molecule has 2 aliphatic heterocycles. The molecule has 0 spiro atoms. The lowest BCUT2D eigenvalue weighted by Gasteiger charge is -2.31. The summed E-state index contributed by atoms with van der Waals surface area (Å²) in [5.74, 6) is 1.03. The van der Waals surface area contributed by atoms with E-state index in [2.05, 4.69) is 20.8 Å². The van der Waals surface area contributed by atoms with Crippen molar-refractivity contribution >= 4 is 32.8 Å². The average molecular weight is 557 g/mol. The summed E-state index contributed by atoms with van der Waals surface area (Å²) in [6.45, 7) is 8.88. The quantitative estimate of drug-likeness (QED) is 0.410. The Morgan fingerprint density at radius 1 is 0.972 bits per heavy atom. The number of hydrogen-bond donors (Lipinski definition) is 0. The summed E-state index contributed by atoms with van der Waals surface area (Å²) in [5.41, 5.74) is 1.33. The zero-order valence-corrected chi connectivity index (χ0v) is 22.0. The molecule has 1 saturated heterocycles. The number of carbonyl (C=O) groups is 1. The molecular weight excluding hydrogens is 528 g/mol. The lowest BCUT2D eigenvalue weighted by Crippen LogP contribution is -2.42. The van der Waals surface area contributed by atoms with Crippen molar-refractivity contribution in [2.45, 2.75) is 19.9 Å². The number of benzene rings is 2. The predicted octanol–water partition coefficient (Wildman–Crippen LogP) is 4.23. The van der Waals surface area contributed by atoms with Gasteiger partial charge in [-0.1, -0.05) is 22.0 Å². The molecule has 5 rings (SSSR count). The van der Waals surface area contributed by atoms with E-state index in [1.807, 2.05) is 32.0 Å². The van der Waals surface area contributed by atoms with Gasteiger partial charge in [0.2, 0.25) is 5.76 Å². The van der Waals surface area contributed by atoms with Crippen LogP contribution in [0.4, 0.5) is 0 Å². The van der Waals surface area contributed by atoms with Gasteiger partial charge in [0.25, 0.3) is 5.91 Å². The first-order valence-corrected chi connectivity index (χ1v) is 13.1. The Bertz CT molecular complexity index is 1330. The molecule has 0 saturated carbocycles. The van der Waals surface area contributed by atoms with Crippen molar-refractivity contribution in [1.82, 2.24) is 9.80 Å². The fraction of sp³-hybridized carbons (Fsp3) is 0.407. The minimum absolute atomic E-state index is 0.105. The molecule has 2 aliphatic rings. The van der Waals surface area contributed by atoms with Crippen LogP contribution in [0.1, 0.15) is 41.6 Å². The first-order chi connectivity index (χ1) is 17.5. The number of amides is 1. The van der Waals surface area contributed by atoms with Crippen molar-refractivity contribution in [2.24, 2.45) is 0 Å². The predicted molar refractivity (Wildman–Crippen MR) is 139 cm³/mol. The van der Waals surface area contributed by atoms with Crippen LogP contribution in [-0.2, 0) is 4.74 Å². The van der Waals surface area contributed by atoms with E-state index < -0.39 is 6.04 Å². The highest BCUT2D eigenvalue weighted by molar-refractivity contribution is 9.10. The van der Waals surface area contributed by atoms with Gasteiger partial charge in [0, 0.05) is 30.7 Å². The second kappa shape index (κ2) is 10.6. The molecule has 0 radical (unpaired) electrons. The van der Waals surface area contributed by atoms with E-state index in [1.165, 1.54) is 0 Å². The Morgan fingerprint density at radius 2 is 1.72 bits per heavy atom. The second-order valence-corrected chi connectivity index (χ2v) is 9.66. The number of fused-ring (bicyclic) bond motifs is 2. The Balaban J connectivity index is 1.62. The number of nitrogens with zero attached hydrogens (tertiary/aromatic N) is 2. The number of ether oxygens (including phenoxy) is 3. The van der Waals surface area contributed by atoms with Crippen LogP contribution >= 0.6 is 15.9 Å². The summed E-state index contributed by atoms with van der Waals surface area (Å²) in [4.78, 5) is 31.5. The van der Waals surface area contributed by atoms with E-state index >= 15 is 0 Å². The first kappa shape index (κ1) is 24.8. The smallest absolute Gasteiger partial charge is 0.290 e. The highest BCUT2D eigenvalue weighted by Gasteiger charge is 2.43. The Labute approximate surface area is 217 Å². The van der Waals surface area contributed by atoms with Crippen LogP contribution < -0.4 is 14.9 Å². The molecule has 190 valence electrons. The van der Waals surface area contributed by atoms with Crippen molar-refractivity contribution in [2.75, 3.05) is 52.6 Å². The molecule has 1 unspecified atom stereocenters. The molecule has 3 heterocycles. The van der Waals surface area contributed by atoms with Crippen LogP contribution in [0.25, 0.3) is 11.0 Å². The van der Waals surface area contributed by atoms with Crippen LogP contribution in [0.15, 0.2) is 50.1 Å². The van der Waals surface area contributed by atoms with Crippen LogP contribution in [0.5, 0.6) is 11.5 Å². The molecule has 0 N–H and O–H groups in total. The molecule has 1 fully saturated rings. The normalized spacial score (nSPS) is 18.0. The molecule has 2 aromatic carbocycles. The molecular formula is C27H29BrN2O6. The second-order valence-electron chi connectivity index (χ2n) is 8.74. The van der Waals surface area contributed by atoms with Crippen molar-refractivity contribution in [3.63, 3.8) is 0 Å². The molecule has 0 bridgehead atoms. The first-order valence-electron chi connectivity index (χ1n) is 12.3. The van der Waals surface area contributed by atoms with Crippen LogP contribution in [0, 0.1) is 0 Å². The molecule has 36 heavy (non-hydrogen) atoms. The number of halogens is 1. The average Bonchev–Trinajstić information content (AvgIpc) is 3.17. The third kappa shape index (κ3) is 4.63. The highest BCUT2D eigenvalue weighted by Crippen LogP contribution is 2.41. The molecule has 1 aromatic heterocycles. The third-order valence-corrected chi connectivity index (χ3v) is 7.06. The van der Waals surface area contributed by atoms with E-state index in [0.29, 0.717) is 67.5 Å². The van der Waals surface area contributed by atoms with Crippen molar-refractivity contribution in [3.05, 3.63) is 68.0 Å². The van der Waals surface area contributed by atoms with Crippen molar-refractivity contribution < 1.29 is 23.4 Å². The summed E-state index contributed by atoms with van der Waals surface area (Å²) in [6.07, 6.45) is 0. The molecule has 0 aliphatic carbocycles. The minimum atomic E-state index is -0.594. The van der Waals surface area contributed by atoms with Crippen LogP contribution in [0.3, 0.4) is 0 Å². The number of hydrogen-bond acceptors (Lipinski definition) is 7. The van der Waals surface area contributed by atoms with Gasteiger partial charge in [-0.05, 0) is 49.7 Å². The van der Waals surface area contributed by atoms with Crippen molar-refractivity contribution in [3.8, 4) is 11.5 Å². The Kier molecular flexibility index (Phi) is 7.32.